The summed E-state index contributed by atoms with van der Waals surface area (Å²) in [5.74, 6) is -0.298. The van der Waals surface area contributed by atoms with E-state index in [4.69, 9.17) is 4.74 Å². The minimum atomic E-state index is -0.454. The van der Waals surface area contributed by atoms with Crippen LogP contribution < -0.4 is 4.74 Å². The van der Waals surface area contributed by atoms with Crippen molar-refractivity contribution in [1.29, 1.82) is 0 Å². The molecule has 0 aliphatic carbocycles. The molecule has 0 amide bonds. The molecular weight excluding hydrogens is 209 g/mol. The maximum atomic E-state index is 13.4. The predicted molar refractivity (Wildman–Crippen MR) is 58.3 cm³/mol. The van der Waals surface area contributed by atoms with Crippen LogP contribution in [-0.2, 0) is 4.79 Å². The molecule has 0 saturated heterocycles. The smallest absolute Gasteiger partial charge is 0.165 e. The first-order valence-corrected chi connectivity index (χ1v) is 4.80. The number of ketones is 1. The van der Waals surface area contributed by atoms with E-state index in [1.54, 1.807) is 6.07 Å². The first kappa shape index (κ1) is 10.5. The lowest BCUT2D eigenvalue weighted by Gasteiger charge is -2.08. The standard InChI is InChI=1S/C12H10FNO2/c1-16-12-3-2-8(6-10(12)13)11-7-9(15)4-5-14-11/h2-6H,7H2,1H3. The number of benzene rings is 1. The van der Waals surface area contributed by atoms with Gasteiger partial charge >= 0.3 is 0 Å². The molecule has 2 rings (SSSR count). The molecule has 1 aliphatic rings. The van der Waals surface area contributed by atoms with E-state index in [1.807, 2.05) is 0 Å². The van der Waals surface area contributed by atoms with Crippen molar-refractivity contribution in [1.82, 2.24) is 0 Å². The molecule has 0 unspecified atom stereocenters. The van der Waals surface area contributed by atoms with Crippen molar-refractivity contribution >= 4 is 11.5 Å². The number of methoxy groups -OCH3 is 1. The molecule has 3 nitrogen and oxygen atoms in total. The molecule has 0 aromatic heterocycles. The summed E-state index contributed by atoms with van der Waals surface area (Å²) < 4.78 is 18.2. The van der Waals surface area contributed by atoms with Gasteiger partial charge in [0, 0.05) is 6.20 Å². The Kier molecular flexibility index (Phi) is 2.81. The van der Waals surface area contributed by atoms with Crippen LogP contribution in [0.4, 0.5) is 4.39 Å². The van der Waals surface area contributed by atoms with Crippen LogP contribution in [-0.4, -0.2) is 18.6 Å². The van der Waals surface area contributed by atoms with E-state index in [2.05, 4.69) is 4.99 Å². The SMILES string of the molecule is COc1ccc(C2=NC=CC(=O)C2)cc1F. The Morgan fingerprint density at radius 1 is 1.44 bits per heavy atom. The van der Waals surface area contributed by atoms with E-state index in [1.165, 1.54) is 31.5 Å². The van der Waals surface area contributed by atoms with E-state index in [0.717, 1.165) is 0 Å². The van der Waals surface area contributed by atoms with Gasteiger partial charge in [-0.05, 0) is 29.8 Å². The van der Waals surface area contributed by atoms with Crippen LogP contribution in [0, 0.1) is 5.82 Å². The summed E-state index contributed by atoms with van der Waals surface area (Å²) in [5, 5.41) is 0. The Hall–Kier alpha value is -1.97. The highest BCUT2D eigenvalue weighted by Gasteiger charge is 2.13. The van der Waals surface area contributed by atoms with Crippen molar-refractivity contribution in [2.75, 3.05) is 7.11 Å². The minimum absolute atomic E-state index is 0.0266. The van der Waals surface area contributed by atoms with Crippen molar-refractivity contribution in [3.63, 3.8) is 0 Å². The second kappa shape index (κ2) is 4.26. The van der Waals surface area contributed by atoms with E-state index >= 15 is 0 Å². The number of rotatable bonds is 2. The van der Waals surface area contributed by atoms with Gasteiger partial charge in [0.15, 0.2) is 17.3 Å². The molecule has 4 heteroatoms. The Balaban J connectivity index is 2.35. The molecule has 0 spiro atoms. The van der Waals surface area contributed by atoms with Crippen molar-refractivity contribution in [2.45, 2.75) is 6.42 Å². The third-order valence-electron chi connectivity index (χ3n) is 2.32. The highest BCUT2D eigenvalue weighted by Crippen LogP contribution is 2.19. The molecule has 1 aromatic carbocycles. The fraction of sp³-hybridized carbons (Fsp3) is 0.167. The molecule has 0 saturated carbocycles. The number of allylic oxidation sites excluding steroid dienone is 1. The number of hydrogen-bond acceptors (Lipinski definition) is 3. The average Bonchev–Trinajstić information content (AvgIpc) is 2.29. The number of ether oxygens (including phenoxy) is 1. The molecule has 1 heterocycles. The van der Waals surface area contributed by atoms with Gasteiger partial charge in [0.2, 0.25) is 0 Å². The normalized spacial score (nSPS) is 14.9. The first-order chi connectivity index (χ1) is 7.70. The lowest BCUT2D eigenvalue weighted by Crippen LogP contribution is -2.10. The van der Waals surface area contributed by atoms with Crippen LogP contribution in [0.5, 0.6) is 5.75 Å². The first-order valence-electron chi connectivity index (χ1n) is 4.80. The summed E-state index contributed by atoms with van der Waals surface area (Å²) in [5.41, 5.74) is 1.19. The van der Waals surface area contributed by atoms with Crippen molar-refractivity contribution in [3.8, 4) is 5.75 Å². The molecule has 1 aromatic rings. The lowest BCUT2D eigenvalue weighted by molar-refractivity contribution is -0.113. The lowest BCUT2D eigenvalue weighted by atomic mass is 10.0. The molecule has 82 valence electrons. The molecule has 0 radical (unpaired) electrons. The zero-order valence-corrected chi connectivity index (χ0v) is 8.74. The summed E-state index contributed by atoms with van der Waals surface area (Å²) in [4.78, 5) is 15.2. The fourth-order valence-electron chi connectivity index (χ4n) is 1.50. The van der Waals surface area contributed by atoms with Crippen molar-refractivity contribution in [2.24, 2.45) is 4.99 Å². The van der Waals surface area contributed by atoms with Gasteiger partial charge in [0.1, 0.15) is 0 Å². The number of carbonyl (C=O) groups excluding carboxylic acids is 1. The van der Waals surface area contributed by atoms with Crippen LogP contribution in [0.25, 0.3) is 0 Å². The zero-order chi connectivity index (χ0) is 11.5. The zero-order valence-electron chi connectivity index (χ0n) is 8.74. The van der Waals surface area contributed by atoms with Crippen molar-refractivity contribution < 1.29 is 13.9 Å². The summed E-state index contributed by atoms with van der Waals surface area (Å²) in [6.45, 7) is 0. The van der Waals surface area contributed by atoms with E-state index in [9.17, 15) is 9.18 Å². The van der Waals surface area contributed by atoms with Crippen LogP contribution in [0.15, 0.2) is 35.5 Å². The minimum Gasteiger partial charge on any atom is -0.494 e. The van der Waals surface area contributed by atoms with Gasteiger partial charge in [-0.3, -0.25) is 9.79 Å². The maximum Gasteiger partial charge on any atom is 0.165 e. The molecule has 1 aliphatic heterocycles. The van der Waals surface area contributed by atoms with Gasteiger partial charge in [0.25, 0.3) is 0 Å². The van der Waals surface area contributed by atoms with Crippen LogP contribution >= 0.6 is 0 Å². The van der Waals surface area contributed by atoms with Crippen LogP contribution in [0.2, 0.25) is 0 Å². The van der Waals surface area contributed by atoms with Gasteiger partial charge in [-0.1, -0.05) is 0 Å². The quantitative estimate of drug-likeness (QED) is 0.764. The number of nitrogens with zero attached hydrogens (tertiary/aromatic N) is 1. The fourth-order valence-corrected chi connectivity index (χ4v) is 1.50. The highest BCUT2D eigenvalue weighted by atomic mass is 19.1. The molecular formula is C12H10FNO2. The molecule has 0 bridgehead atoms. The van der Waals surface area contributed by atoms with Gasteiger partial charge in [0.05, 0.1) is 19.2 Å². The highest BCUT2D eigenvalue weighted by molar-refractivity contribution is 6.15. The Labute approximate surface area is 92.3 Å². The van der Waals surface area contributed by atoms with Gasteiger partial charge in [-0.2, -0.15) is 0 Å². The number of carbonyl (C=O) groups is 1. The summed E-state index contributed by atoms with van der Waals surface area (Å²) in [6, 6.07) is 4.53. The Bertz CT molecular complexity index is 492. The molecule has 0 atom stereocenters. The molecule has 0 fully saturated rings. The number of aliphatic imine (C=N–C) groups is 1. The monoisotopic (exact) mass is 219 g/mol. The van der Waals surface area contributed by atoms with Crippen LogP contribution in [0.1, 0.15) is 12.0 Å². The van der Waals surface area contributed by atoms with Gasteiger partial charge < -0.3 is 4.74 Å². The Morgan fingerprint density at radius 2 is 2.25 bits per heavy atom. The van der Waals surface area contributed by atoms with E-state index < -0.39 is 5.82 Å². The average molecular weight is 219 g/mol. The predicted octanol–water partition coefficient (Wildman–Crippen LogP) is 2.11. The van der Waals surface area contributed by atoms with Gasteiger partial charge in [-0.25, -0.2) is 4.39 Å². The van der Waals surface area contributed by atoms with Crippen LogP contribution in [0.3, 0.4) is 0 Å². The summed E-state index contributed by atoms with van der Waals surface area (Å²) in [6.07, 6.45) is 3.05. The summed E-state index contributed by atoms with van der Waals surface area (Å²) in [7, 11) is 1.41. The van der Waals surface area contributed by atoms with E-state index in [-0.39, 0.29) is 18.0 Å². The third kappa shape index (κ3) is 2.00. The topological polar surface area (TPSA) is 38.7 Å². The maximum absolute atomic E-state index is 13.4. The van der Waals surface area contributed by atoms with Crippen molar-refractivity contribution in [3.05, 3.63) is 41.9 Å². The third-order valence-corrected chi connectivity index (χ3v) is 2.32. The molecule has 0 N–H and O–H groups in total. The second-order valence-electron chi connectivity index (χ2n) is 3.38. The largest absolute Gasteiger partial charge is 0.494 e. The number of halogens is 1. The second-order valence-corrected chi connectivity index (χ2v) is 3.38. The Morgan fingerprint density at radius 3 is 2.88 bits per heavy atom. The van der Waals surface area contributed by atoms with E-state index in [0.29, 0.717) is 11.3 Å². The molecule has 16 heavy (non-hydrogen) atoms. The van der Waals surface area contributed by atoms with Gasteiger partial charge in [-0.15, -0.1) is 0 Å². The number of hydrogen-bond donors (Lipinski definition) is 0. The summed E-state index contributed by atoms with van der Waals surface area (Å²) >= 11 is 0.